The predicted octanol–water partition coefficient (Wildman–Crippen LogP) is 1.91. The lowest BCUT2D eigenvalue weighted by molar-refractivity contribution is 0.416. The van der Waals surface area contributed by atoms with Crippen molar-refractivity contribution in [2.24, 2.45) is 5.73 Å². The molecule has 5 heteroatoms. The third-order valence-electron chi connectivity index (χ3n) is 3.18. The van der Waals surface area contributed by atoms with Crippen molar-refractivity contribution < 1.29 is 4.74 Å². The minimum Gasteiger partial charge on any atom is -0.496 e. The van der Waals surface area contributed by atoms with Crippen LogP contribution < -0.4 is 10.5 Å². The standard InChI is InChI=1S/C15H16N4O/c1-20-14-5-3-2-4-12(14)13-8-15-18-11(6-7-16)9-19(15)10-17-13/h2-5,8-10H,6-7,16H2,1H3. The SMILES string of the molecule is COc1ccccc1-c1cc2nc(CCN)cn2cn1. The zero-order valence-corrected chi connectivity index (χ0v) is 11.3. The minimum absolute atomic E-state index is 0.594. The van der Waals surface area contributed by atoms with Crippen LogP contribution in [-0.4, -0.2) is 28.0 Å². The number of methoxy groups -OCH3 is 1. The van der Waals surface area contributed by atoms with Gasteiger partial charge in [-0.15, -0.1) is 0 Å². The monoisotopic (exact) mass is 268 g/mol. The highest BCUT2D eigenvalue weighted by molar-refractivity contribution is 5.69. The van der Waals surface area contributed by atoms with Gasteiger partial charge in [-0.05, 0) is 18.7 Å². The van der Waals surface area contributed by atoms with Crippen molar-refractivity contribution in [2.45, 2.75) is 6.42 Å². The van der Waals surface area contributed by atoms with Crippen LogP contribution in [0.4, 0.5) is 0 Å². The van der Waals surface area contributed by atoms with Crippen LogP contribution in [0.3, 0.4) is 0 Å². The van der Waals surface area contributed by atoms with Gasteiger partial charge in [0.25, 0.3) is 0 Å². The van der Waals surface area contributed by atoms with E-state index in [-0.39, 0.29) is 0 Å². The highest BCUT2D eigenvalue weighted by atomic mass is 16.5. The number of hydrogen-bond donors (Lipinski definition) is 1. The van der Waals surface area contributed by atoms with Crippen molar-refractivity contribution in [1.82, 2.24) is 14.4 Å². The molecule has 2 aromatic heterocycles. The van der Waals surface area contributed by atoms with Gasteiger partial charge in [-0.2, -0.15) is 0 Å². The quantitative estimate of drug-likeness (QED) is 0.785. The van der Waals surface area contributed by atoms with Crippen molar-refractivity contribution in [2.75, 3.05) is 13.7 Å². The lowest BCUT2D eigenvalue weighted by Gasteiger charge is -2.07. The number of nitrogens with two attached hydrogens (primary N) is 1. The first kappa shape index (κ1) is 12.6. The second kappa shape index (κ2) is 5.30. The smallest absolute Gasteiger partial charge is 0.140 e. The summed E-state index contributed by atoms with van der Waals surface area (Å²) < 4.78 is 7.28. The highest BCUT2D eigenvalue weighted by Crippen LogP contribution is 2.28. The molecule has 0 fully saturated rings. The summed E-state index contributed by atoms with van der Waals surface area (Å²) in [6.45, 7) is 0.594. The first-order valence-corrected chi connectivity index (χ1v) is 6.49. The fraction of sp³-hybridized carbons (Fsp3) is 0.200. The van der Waals surface area contributed by atoms with Gasteiger partial charge in [0.05, 0.1) is 18.5 Å². The molecule has 0 aliphatic rings. The van der Waals surface area contributed by atoms with E-state index >= 15 is 0 Å². The number of ether oxygens (including phenoxy) is 1. The van der Waals surface area contributed by atoms with Crippen molar-refractivity contribution in [1.29, 1.82) is 0 Å². The van der Waals surface area contributed by atoms with Crippen LogP contribution >= 0.6 is 0 Å². The first-order chi connectivity index (χ1) is 9.81. The molecule has 0 aliphatic carbocycles. The molecule has 0 unspecified atom stereocenters. The molecule has 0 radical (unpaired) electrons. The third-order valence-corrected chi connectivity index (χ3v) is 3.18. The Labute approximate surface area is 117 Å². The molecule has 0 atom stereocenters. The number of benzene rings is 1. The molecule has 0 bridgehead atoms. The summed E-state index contributed by atoms with van der Waals surface area (Å²) in [5.74, 6) is 0.804. The fourth-order valence-electron chi connectivity index (χ4n) is 2.22. The van der Waals surface area contributed by atoms with E-state index in [1.54, 1.807) is 13.4 Å². The predicted molar refractivity (Wildman–Crippen MR) is 77.7 cm³/mol. The van der Waals surface area contributed by atoms with E-state index in [0.29, 0.717) is 6.54 Å². The summed E-state index contributed by atoms with van der Waals surface area (Å²) in [5.41, 5.74) is 9.21. The van der Waals surface area contributed by atoms with Gasteiger partial charge in [0.2, 0.25) is 0 Å². The van der Waals surface area contributed by atoms with E-state index < -0.39 is 0 Å². The molecule has 2 N–H and O–H groups in total. The van der Waals surface area contributed by atoms with E-state index in [1.807, 2.05) is 40.9 Å². The zero-order valence-electron chi connectivity index (χ0n) is 11.3. The minimum atomic E-state index is 0.594. The Balaban J connectivity index is 2.08. The van der Waals surface area contributed by atoms with Crippen LogP contribution in [-0.2, 0) is 6.42 Å². The average molecular weight is 268 g/mol. The maximum Gasteiger partial charge on any atom is 0.140 e. The summed E-state index contributed by atoms with van der Waals surface area (Å²) >= 11 is 0. The summed E-state index contributed by atoms with van der Waals surface area (Å²) in [6.07, 6.45) is 4.50. The van der Waals surface area contributed by atoms with E-state index in [0.717, 1.165) is 34.8 Å². The van der Waals surface area contributed by atoms with E-state index in [4.69, 9.17) is 10.5 Å². The third kappa shape index (κ3) is 2.23. The Morgan fingerprint density at radius 3 is 2.95 bits per heavy atom. The Kier molecular flexibility index (Phi) is 3.35. The summed E-state index contributed by atoms with van der Waals surface area (Å²) in [4.78, 5) is 9.02. The molecule has 2 heterocycles. The molecule has 0 saturated carbocycles. The summed E-state index contributed by atoms with van der Waals surface area (Å²) in [6, 6.07) is 9.77. The molecule has 0 spiro atoms. The van der Waals surface area contributed by atoms with E-state index in [9.17, 15) is 0 Å². The molecular formula is C15H16N4O. The topological polar surface area (TPSA) is 65.4 Å². The van der Waals surface area contributed by atoms with Gasteiger partial charge in [0.15, 0.2) is 0 Å². The number of imidazole rings is 1. The number of nitrogens with zero attached hydrogens (tertiary/aromatic N) is 3. The Hall–Kier alpha value is -2.40. The molecule has 3 aromatic rings. The second-order valence-electron chi connectivity index (χ2n) is 4.51. The molecule has 3 rings (SSSR count). The van der Waals surface area contributed by atoms with Crippen LogP contribution in [0.15, 0.2) is 42.9 Å². The van der Waals surface area contributed by atoms with E-state index in [2.05, 4.69) is 9.97 Å². The number of fused-ring (bicyclic) bond motifs is 1. The fourth-order valence-corrected chi connectivity index (χ4v) is 2.22. The number of aromatic nitrogens is 3. The molecule has 0 saturated heterocycles. The lowest BCUT2D eigenvalue weighted by atomic mass is 10.1. The molecule has 102 valence electrons. The van der Waals surface area contributed by atoms with Gasteiger partial charge in [-0.3, -0.25) is 4.40 Å². The Morgan fingerprint density at radius 1 is 1.30 bits per heavy atom. The second-order valence-corrected chi connectivity index (χ2v) is 4.51. The van der Waals surface area contributed by atoms with Crippen molar-refractivity contribution in [3.63, 3.8) is 0 Å². The van der Waals surface area contributed by atoms with Crippen molar-refractivity contribution in [3.8, 4) is 17.0 Å². The van der Waals surface area contributed by atoms with Crippen LogP contribution in [0.5, 0.6) is 5.75 Å². The van der Waals surface area contributed by atoms with Gasteiger partial charge >= 0.3 is 0 Å². The maximum absolute atomic E-state index is 5.56. The van der Waals surface area contributed by atoms with Gasteiger partial charge in [0, 0.05) is 24.2 Å². The molecule has 5 nitrogen and oxygen atoms in total. The van der Waals surface area contributed by atoms with Gasteiger partial charge in [-0.1, -0.05) is 12.1 Å². The molecule has 1 aromatic carbocycles. The Morgan fingerprint density at radius 2 is 2.15 bits per heavy atom. The number of hydrogen-bond acceptors (Lipinski definition) is 4. The summed E-state index contributed by atoms with van der Waals surface area (Å²) in [5, 5.41) is 0. The van der Waals surface area contributed by atoms with Crippen LogP contribution in [0, 0.1) is 0 Å². The van der Waals surface area contributed by atoms with Crippen LogP contribution in [0.1, 0.15) is 5.69 Å². The maximum atomic E-state index is 5.56. The summed E-state index contributed by atoms with van der Waals surface area (Å²) in [7, 11) is 1.66. The first-order valence-electron chi connectivity index (χ1n) is 6.49. The van der Waals surface area contributed by atoms with Crippen molar-refractivity contribution in [3.05, 3.63) is 48.5 Å². The van der Waals surface area contributed by atoms with Gasteiger partial charge < -0.3 is 10.5 Å². The van der Waals surface area contributed by atoms with Gasteiger partial charge in [-0.25, -0.2) is 9.97 Å². The molecule has 0 amide bonds. The average Bonchev–Trinajstić information content (AvgIpc) is 2.89. The molecular weight excluding hydrogens is 252 g/mol. The zero-order chi connectivity index (χ0) is 13.9. The van der Waals surface area contributed by atoms with E-state index in [1.165, 1.54) is 0 Å². The lowest BCUT2D eigenvalue weighted by Crippen LogP contribution is -2.02. The molecule has 20 heavy (non-hydrogen) atoms. The van der Waals surface area contributed by atoms with Crippen LogP contribution in [0.2, 0.25) is 0 Å². The molecule has 0 aliphatic heterocycles. The highest BCUT2D eigenvalue weighted by Gasteiger charge is 2.08. The van der Waals surface area contributed by atoms with Crippen molar-refractivity contribution >= 4 is 5.65 Å². The number of rotatable bonds is 4. The normalized spacial score (nSPS) is 10.9. The Bertz CT molecular complexity index is 736. The van der Waals surface area contributed by atoms with Crippen LogP contribution in [0.25, 0.3) is 16.9 Å². The largest absolute Gasteiger partial charge is 0.496 e. The number of para-hydroxylation sites is 1. The van der Waals surface area contributed by atoms with Gasteiger partial charge in [0.1, 0.15) is 17.7 Å².